The van der Waals surface area contributed by atoms with Gasteiger partial charge in [-0.15, -0.1) is 0 Å². The molecule has 0 radical (unpaired) electrons. The number of aromatic nitrogens is 2. The number of aryl methyl sites for hydroxylation is 2. The van der Waals surface area contributed by atoms with E-state index in [1.54, 1.807) is 4.68 Å². The minimum absolute atomic E-state index is 0.189. The van der Waals surface area contributed by atoms with Crippen LogP contribution in [0.15, 0.2) is 11.6 Å². The molecule has 1 aromatic rings. The Hall–Kier alpha value is -1.09. The first-order chi connectivity index (χ1) is 8.09. The first-order valence-corrected chi connectivity index (χ1v) is 6.37. The molecule has 4 heteroatoms. The third-order valence-electron chi connectivity index (χ3n) is 3.24. The lowest BCUT2D eigenvalue weighted by Gasteiger charge is -2.11. The van der Waals surface area contributed by atoms with Gasteiger partial charge in [0, 0.05) is 7.05 Å². The van der Waals surface area contributed by atoms with E-state index in [-0.39, 0.29) is 5.78 Å². The van der Waals surface area contributed by atoms with Gasteiger partial charge < -0.3 is 0 Å². The van der Waals surface area contributed by atoms with Crippen molar-refractivity contribution >= 4 is 17.4 Å². The van der Waals surface area contributed by atoms with Crippen LogP contribution in [0.5, 0.6) is 0 Å². The number of carbonyl (C=O) groups excluding carboxylic acids is 1. The van der Waals surface area contributed by atoms with Crippen molar-refractivity contribution in [2.24, 2.45) is 7.05 Å². The monoisotopic (exact) mass is 252 g/mol. The molecule has 1 aliphatic carbocycles. The van der Waals surface area contributed by atoms with Gasteiger partial charge in [0.05, 0.1) is 22.8 Å². The van der Waals surface area contributed by atoms with Crippen LogP contribution in [0.1, 0.15) is 37.1 Å². The van der Waals surface area contributed by atoms with E-state index in [0.717, 1.165) is 36.2 Å². The zero-order valence-electron chi connectivity index (χ0n) is 10.3. The molecule has 17 heavy (non-hydrogen) atoms. The summed E-state index contributed by atoms with van der Waals surface area (Å²) in [4.78, 5) is 12.1. The third kappa shape index (κ3) is 2.60. The maximum atomic E-state index is 12.1. The smallest absolute Gasteiger partial charge is 0.164 e. The number of carbonyl (C=O) groups is 1. The number of hydrogen-bond acceptors (Lipinski definition) is 2. The maximum absolute atomic E-state index is 12.1. The lowest BCUT2D eigenvalue weighted by Crippen LogP contribution is -2.12. The van der Waals surface area contributed by atoms with E-state index in [1.807, 2.05) is 14.0 Å². The zero-order valence-corrected chi connectivity index (χ0v) is 11.0. The molecule has 0 saturated heterocycles. The molecule has 0 unspecified atom stereocenters. The minimum Gasteiger partial charge on any atom is -0.294 e. The van der Waals surface area contributed by atoms with Gasteiger partial charge in [-0.1, -0.05) is 17.7 Å². The number of rotatable bonds is 3. The molecule has 3 nitrogen and oxygen atoms in total. The van der Waals surface area contributed by atoms with Crippen molar-refractivity contribution in [2.45, 2.75) is 39.0 Å². The molecule has 0 N–H and O–H groups in total. The van der Waals surface area contributed by atoms with Gasteiger partial charge in [-0.05, 0) is 38.2 Å². The second-order valence-corrected chi connectivity index (χ2v) is 4.92. The van der Waals surface area contributed by atoms with Crippen LogP contribution in [0.25, 0.3) is 0 Å². The van der Waals surface area contributed by atoms with Crippen LogP contribution in [-0.4, -0.2) is 15.6 Å². The Morgan fingerprint density at radius 2 is 2.29 bits per heavy atom. The van der Waals surface area contributed by atoms with Crippen LogP contribution in [0.4, 0.5) is 0 Å². The number of hydrogen-bond donors (Lipinski definition) is 0. The quantitative estimate of drug-likeness (QED) is 0.829. The molecule has 0 fully saturated rings. The van der Waals surface area contributed by atoms with Crippen LogP contribution in [0.3, 0.4) is 0 Å². The van der Waals surface area contributed by atoms with Crippen molar-refractivity contribution in [2.75, 3.05) is 0 Å². The summed E-state index contributed by atoms with van der Waals surface area (Å²) in [5, 5.41) is 4.84. The first-order valence-electron chi connectivity index (χ1n) is 6.00. The normalized spacial score (nSPS) is 15.8. The first kappa shape index (κ1) is 12.4. The average Bonchev–Trinajstić information content (AvgIpc) is 2.57. The predicted molar refractivity (Wildman–Crippen MR) is 68.2 cm³/mol. The van der Waals surface area contributed by atoms with Crippen molar-refractivity contribution in [1.29, 1.82) is 0 Å². The summed E-state index contributed by atoms with van der Waals surface area (Å²) in [6.45, 7) is 1.86. The highest BCUT2D eigenvalue weighted by Crippen LogP contribution is 2.23. The number of nitrogens with zero attached hydrogens (tertiary/aromatic N) is 2. The highest BCUT2D eigenvalue weighted by molar-refractivity contribution is 6.32. The van der Waals surface area contributed by atoms with Gasteiger partial charge in [-0.2, -0.15) is 5.10 Å². The average molecular weight is 253 g/mol. The zero-order chi connectivity index (χ0) is 12.4. The number of allylic oxidation sites excluding steroid dienone is 2. The second-order valence-electron chi connectivity index (χ2n) is 4.54. The van der Waals surface area contributed by atoms with Gasteiger partial charge >= 0.3 is 0 Å². The lowest BCUT2D eigenvalue weighted by molar-refractivity contribution is -0.115. The highest BCUT2D eigenvalue weighted by Gasteiger charge is 2.18. The molecule has 0 bridgehead atoms. The van der Waals surface area contributed by atoms with Crippen molar-refractivity contribution in [3.8, 4) is 0 Å². The fourth-order valence-electron chi connectivity index (χ4n) is 2.23. The van der Waals surface area contributed by atoms with E-state index in [4.69, 9.17) is 11.6 Å². The Kier molecular flexibility index (Phi) is 3.67. The van der Waals surface area contributed by atoms with Crippen LogP contribution in [-0.2, 0) is 18.3 Å². The van der Waals surface area contributed by atoms with Gasteiger partial charge in [-0.3, -0.25) is 9.48 Å². The number of halogens is 1. The SMILES string of the molecule is Cc1nn(C)c(CC(=O)C2=CCCCC2)c1Cl. The van der Waals surface area contributed by atoms with E-state index in [9.17, 15) is 4.79 Å². The summed E-state index contributed by atoms with van der Waals surface area (Å²) >= 11 is 6.14. The Morgan fingerprint density at radius 1 is 1.53 bits per heavy atom. The third-order valence-corrected chi connectivity index (χ3v) is 3.73. The fourth-order valence-corrected chi connectivity index (χ4v) is 2.46. The Morgan fingerprint density at radius 3 is 2.82 bits per heavy atom. The molecule has 2 rings (SSSR count). The molecular formula is C13H17ClN2O. The van der Waals surface area contributed by atoms with Gasteiger partial charge in [0.1, 0.15) is 0 Å². The molecule has 0 saturated carbocycles. The van der Waals surface area contributed by atoms with Crippen LogP contribution in [0, 0.1) is 6.92 Å². The number of Topliss-reactive ketones (excluding diaryl/α,β-unsaturated/α-hetero) is 1. The summed E-state index contributed by atoms with van der Waals surface area (Å²) in [6, 6.07) is 0. The summed E-state index contributed by atoms with van der Waals surface area (Å²) in [6.07, 6.45) is 6.69. The summed E-state index contributed by atoms with van der Waals surface area (Å²) in [7, 11) is 1.83. The van der Waals surface area contributed by atoms with Crippen LogP contribution >= 0.6 is 11.6 Å². The molecule has 0 amide bonds. The second kappa shape index (κ2) is 5.05. The summed E-state index contributed by atoms with van der Waals surface area (Å²) < 4.78 is 1.71. The lowest BCUT2D eigenvalue weighted by atomic mass is 9.94. The Balaban J connectivity index is 2.15. The standard InChI is InChI=1S/C13H17ClN2O/c1-9-13(14)11(16(2)15-9)8-12(17)10-6-4-3-5-7-10/h6H,3-5,7-8H2,1-2H3. The maximum Gasteiger partial charge on any atom is 0.164 e. The van der Waals surface area contributed by atoms with Gasteiger partial charge in [0.2, 0.25) is 0 Å². The predicted octanol–water partition coefficient (Wildman–Crippen LogP) is 2.99. The van der Waals surface area contributed by atoms with Gasteiger partial charge in [-0.25, -0.2) is 0 Å². The van der Waals surface area contributed by atoms with Crippen molar-refractivity contribution in [1.82, 2.24) is 9.78 Å². The summed E-state index contributed by atoms with van der Waals surface area (Å²) in [5.41, 5.74) is 2.57. The van der Waals surface area contributed by atoms with Gasteiger partial charge in [0.15, 0.2) is 5.78 Å². The van der Waals surface area contributed by atoms with Crippen molar-refractivity contribution < 1.29 is 4.79 Å². The molecular weight excluding hydrogens is 236 g/mol. The summed E-state index contributed by atoms with van der Waals surface area (Å²) in [5.74, 6) is 0.189. The van der Waals surface area contributed by atoms with E-state index < -0.39 is 0 Å². The van der Waals surface area contributed by atoms with E-state index in [1.165, 1.54) is 6.42 Å². The molecule has 0 atom stereocenters. The van der Waals surface area contributed by atoms with E-state index >= 15 is 0 Å². The minimum atomic E-state index is 0.189. The Labute approximate surface area is 106 Å². The van der Waals surface area contributed by atoms with Crippen LogP contribution < -0.4 is 0 Å². The molecule has 0 aromatic carbocycles. The highest BCUT2D eigenvalue weighted by atomic mass is 35.5. The molecule has 0 aliphatic heterocycles. The van der Waals surface area contributed by atoms with Crippen molar-refractivity contribution in [3.63, 3.8) is 0 Å². The molecule has 1 aromatic heterocycles. The van der Waals surface area contributed by atoms with E-state index in [0.29, 0.717) is 11.4 Å². The number of ketones is 1. The van der Waals surface area contributed by atoms with E-state index in [2.05, 4.69) is 11.2 Å². The molecule has 92 valence electrons. The molecule has 1 aliphatic rings. The largest absolute Gasteiger partial charge is 0.294 e. The van der Waals surface area contributed by atoms with Gasteiger partial charge in [0.25, 0.3) is 0 Å². The fraction of sp³-hybridized carbons (Fsp3) is 0.538. The Bertz CT molecular complexity index is 474. The van der Waals surface area contributed by atoms with Crippen LogP contribution in [0.2, 0.25) is 5.02 Å². The molecule has 1 heterocycles. The van der Waals surface area contributed by atoms with Crippen molar-refractivity contribution in [3.05, 3.63) is 28.1 Å². The topological polar surface area (TPSA) is 34.9 Å². The molecule has 0 spiro atoms.